The molecular weight excluding hydrogens is 182 g/mol. The number of carboxylic acid groups (broad SMARTS) is 1. The van der Waals surface area contributed by atoms with Gasteiger partial charge < -0.3 is 10.8 Å². The lowest BCUT2D eigenvalue weighted by molar-refractivity contribution is 0.0690. The van der Waals surface area contributed by atoms with E-state index in [1.165, 1.54) is 12.3 Å². The Kier molecular flexibility index (Phi) is 3.15. The number of pyridine rings is 1. The number of aromatic nitrogens is 1. The molecule has 0 radical (unpaired) electrons. The Morgan fingerprint density at radius 3 is 3.07 bits per heavy atom. The van der Waals surface area contributed by atoms with Crippen molar-refractivity contribution in [3.8, 4) is 6.07 Å². The maximum absolute atomic E-state index is 10.6. The molecule has 0 aromatic carbocycles. The monoisotopic (exact) mass is 191 g/mol. The van der Waals surface area contributed by atoms with Gasteiger partial charge >= 0.3 is 5.97 Å². The Morgan fingerprint density at radius 2 is 2.50 bits per heavy atom. The molecule has 1 heterocycles. The first-order valence-corrected chi connectivity index (χ1v) is 3.97. The molecule has 1 unspecified atom stereocenters. The van der Waals surface area contributed by atoms with Gasteiger partial charge in [0.2, 0.25) is 0 Å². The minimum absolute atomic E-state index is 0.0594. The van der Waals surface area contributed by atoms with Gasteiger partial charge in [0.05, 0.1) is 12.5 Å². The predicted octanol–water partition coefficient (Wildman–Crippen LogP) is 0.693. The van der Waals surface area contributed by atoms with Crippen LogP contribution in [0.1, 0.15) is 28.5 Å². The summed E-state index contributed by atoms with van der Waals surface area (Å²) in [5, 5.41) is 17.1. The Labute approximate surface area is 80.8 Å². The van der Waals surface area contributed by atoms with E-state index < -0.39 is 12.0 Å². The van der Waals surface area contributed by atoms with Crippen molar-refractivity contribution in [2.24, 2.45) is 5.73 Å². The SMILES string of the molecule is N#CCC(N)c1ccnc(C(=O)O)c1. The summed E-state index contributed by atoms with van der Waals surface area (Å²) >= 11 is 0. The fourth-order valence-electron chi connectivity index (χ4n) is 1.01. The van der Waals surface area contributed by atoms with E-state index >= 15 is 0 Å². The highest BCUT2D eigenvalue weighted by Crippen LogP contribution is 2.13. The van der Waals surface area contributed by atoms with Gasteiger partial charge in [0, 0.05) is 12.2 Å². The number of aromatic carboxylic acids is 1. The number of carboxylic acids is 1. The second-order valence-electron chi connectivity index (χ2n) is 2.75. The maximum Gasteiger partial charge on any atom is 0.354 e. The summed E-state index contributed by atoms with van der Waals surface area (Å²) in [6.45, 7) is 0. The molecule has 0 saturated carbocycles. The number of rotatable bonds is 3. The lowest BCUT2D eigenvalue weighted by Crippen LogP contribution is -2.11. The van der Waals surface area contributed by atoms with Crippen LogP contribution in [-0.4, -0.2) is 16.1 Å². The van der Waals surface area contributed by atoms with E-state index in [1.54, 1.807) is 6.07 Å². The van der Waals surface area contributed by atoms with Crippen LogP contribution in [0.2, 0.25) is 0 Å². The van der Waals surface area contributed by atoms with Crippen LogP contribution in [0.3, 0.4) is 0 Å². The quantitative estimate of drug-likeness (QED) is 0.732. The molecule has 0 amide bonds. The lowest BCUT2D eigenvalue weighted by atomic mass is 10.1. The molecule has 1 aromatic heterocycles. The van der Waals surface area contributed by atoms with Gasteiger partial charge in [0.25, 0.3) is 0 Å². The Morgan fingerprint density at radius 1 is 1.79 bits per heavy atom. The summed E-state index contributed by atoms with van der Waals surface area (Å²) in [7, 11) is 0. The standard InChI is InChI=1S/C9H9N3O2/c10-3-1-7(11)6-2-4-12-8(5-6)9(13)14/h2,4-5,7H,1,11H2,(H,13,14). The van der Waals surface area contributed by atoms with Gasteiger partial charge in [-0.3, -0.25) is 0 Å². The molecule has 5 heteroatoms. The number of carbonyl (C=O) groups is 1. The predicted molar refractivity (Wildman–Crippen MR) is 48.4 cm³/mol. The molecular formula is C9H9N3O2. The van der Waals surface area contributed by atoms with Crippen LogP contribution in [0, 0.1) is 11.3 Å². The summed E-state index contributed by atoms with van der Waals surface area (Å²) < 4.78 is 0. The fourth-order valence-corrected chi connectivity index (χ4v) is 1.01. The van der Waals surface area contributed by atoms with Crippen molar-refractivity contribution in [2.75, 3.05) is 0 Å². The molecule has 1 atom stereocenters. The van der Waals surface area contributed by atoms with Crippen LogP contribution in [0.15, 0.2) is 18.3 Å². The number of nitrogens with two attached hydrogens (primary N) is 1. The van der Waals surface area contributed by atoms with Crippen LogP contribution in [-0.2, 0) is 0 Å². The van der Waals surface area contributed by atoms with Crippen molar-refractivity contribution in [3.63, 3.8) is 0 Å². The molecule has 3 N–H and O–H groups in total. The van der Waals surface area contributed by atoms with E-state index in [-0.39, 0.29) is 12.1 Å². The molecule has 0 fully saturated rings. The first-order valence-electron chi connectivity index (χ1n) is 3.97. The van der Waals surface area contributed by atoms with E-state index in [9.17, 15) is 4.79 Å². The summed E-state index contributed by atoms with van der Waals surface area (Å²) in [5.74, 6) is -1.10. The molecule has 0 bridgehead atoms. The van der Waals surface area contributed by atoms with Crippen LogP contribution < -0.4 is 5.73 Å². The van der Waals surface area contributed by atoms with Crippen LogP contribution in [0.5, 0.6) is 0 Å². The van der Waals surface area contributed by atoms with Crippen molar-refractivity contribution in [3.05, 3.63) is 29.6 Å². The molecule has 0 saturated heterocycles. The molecule has 5 nitrogen and oxygen atoms in total. The maximum atomic E-state index is 10.6. The van der Waals surface area contributed by atoms with Gasteiger partial charge in [-0.15, -0.1) is 0 Å². The van der Waals surface area contributed by atoms with Crippen molar-refractivity contribution in [2.45, 2.75) is 12.5 Å². The third-order valence-electron chi connectivity index (χ3n) is 1.74. The van der Waals surface area contributed by atoms with Crippen molar-refractivity contribution < 1.29 is 9.90 Å². The summed E-state index contributed by atoms with van der Waals surface area (Å²) in [5.41, 5.74) is 6.18. The highest BCUT2D eigenvalue weighted by molar-refractivity contribution is 5.85. The fraction of sp³-hybridized carbons (Fsp3) is 0.222. The number of nitriles is 1. The Balaban J connectivity index is 2.94. The third-order valence-corrected chi connectivity index (χ3v) is 1.74. The van der Waals surface area contributed by atoms with Gasteiger partial charge in [-0.25, -0.2) is 9.78 Å². The molecule has 0 aliphatic carbocycles. The second kappa shape index (κ2) is 4.35. The van der Waals surface area contributed by atoms with E-state index in [4.69, 9.17) is 16.1 Å². The minimum atomic E-state index is -1.10. The minimum Gasteiger partial charge on any atom is -0.477 e. The summed E-state index contributed by atoms with van der Waals surface area (Å²) in [4.78, 5) is 14.2. The summed E-state index contributed by atoms with van der Waals surface area (Å²) in [6.07, 6.45) is 1.53. The topological polar surface area (TPSA) is 100 Å². The van der Waals surface area contributed by atoms with Gasteiger partial charge in [0.1, 0.15) is 5.69 Å². The normalized spacial score (nSPS) is 11.7. The van der Waals surface area contributed by atoms with Gasteiger partial charge in [-0.1, -0.05) is 0 Å². The molecule has 1 rings (SSSR count). The molecule has 0 aliphatic rings. The highest BCUT2D eigenvalue weighted by atomic mass is 16.4. The van der Waals surface area contributed by atoms with Crippen LogP contribution in [0.4, 0.5) is 0 Å². The zero-order chi connectivity index (χ0) is 10.6. The number of hydrogen-bond donors (Lipinski definition) is 2. The second-order valence-corrected chi connectivity index (χ2v) is 2.75. The van der Waals surface area contributed by atoms with E-state index in [2.05, 4.69) is 4.98 Å². The third kappa shape index (κ3) is 2.28. The van der Waals surface area contributed by atoms with Gasteiger partial charge in [0.15, 0.2) is 0 Å². The smallest absolute Gasteiger partial charge is 0.354 e. The first kappa shape index (κ1) is 10.2. The average molecular weight is 191 g/mol. The highest BCUT2D eigenvalue weighted by Gasteiger charge is 2.09. The van der Waals surface area contributed by atoms with Gasteiger partial charge in [-0.2, -0.15) is 5.26 Å². The average Bonchev–Trinajstić information content (AvgIpc) is 2.18. The molecule has 0 aliphatic heterocycles. The largest absolute Gasteiger partial charge is 0.477 e. The lowest BCUT2D eigenvalue weighted by Gasteiger charge is -2.07. The van der Waals surface area contributed by atoms with Gasteiger partial charge in [-0.05, 0) is 17.7 Å². The van der Waals surface area contributed by atoms with E-state index in [0.29, 0.717) is 5.56 Å². The molecule has 1 aromatic rings. The van der Waals surface area contributed by atoms with E-state index in [0.717, 1.165) is 0 Å². The Bertz CT molecular complexity index is 384. The van der Waals surface area contributed by atoms with E-state index in [1.807, 2.05) is 6.07 Å². The first-order chi connectivity index (χ1) is 6.65. The van der Waals surface area contributed by atoms with Crippen LogP contribution >= 0.6 is 0 Å². The molecule has 72 valence electrons. The zero-order valence-corrected chi connectivity index (χ0v) is 7.34. The van der Waals surface area contributed by atoms with Crippen molar-refractivity contribution >= 4 is 5.97 Å². The summed E-state index contributed by atoms with van der Waals surface area (Å²) in [6, 6.07) is 4.45. The molecule has 0 spiro atoms. The number of nitrogens with zero attached hydrogens (tertiary/aromatic N) is 2. The van der Waals surface area contributed by atoms with Crippen molar-refractivity contribution in [1.29, 1.82) is 5.26 Å². The zero-order valence-electron chi connectivity index (χ0n) is 7.34. The number of hydrogen-bond acceptors (Lipinski definition) is 4. The van der Waals surface area contributed by atoms with Crippen LogP contribution in [0.25, 0.3) is 0 Å². The van der Waals surface area contributed by atoms with Crippen molar-refractivity contribution in [1.82, 2.24) is 4.98 Å². The Hall–Kier alpha value is -1.93. The molecule has 14 heavy (non-hydrogen) atoms.